The maximum Gasteiger partial charge on any atom is 0.241 e. The van der Waals surface area contributed by atoms with Gasteiger partial charge < -0.3 is 5.11 Å². The molecule has 126 valence electrons. The van der Waals surface area contributed by atoms with E-state index in [0.29, 0.717) is 0 Å². The molecule has 0 radical (unpaired) electrons. The Hall–Kier alpha value is -1.68. The lowest BCUT2D eigenvalue weighted by atomic mass is 10.1. The largest absolute Gasteiger partial charge is 0.508 e. The fraction of sp³-hybridized carbons (Fsp3) is 0.286. The zero-order valence-corrected chi connectivity index (χ0v) is 14.3. The smallest absolute Gasteiger partial charge is 0.241 e. The number of benzene rings is 2. The van der Waals surface area contributed by atoms with Crippen LogP contribution in [0.5, 0.6) is 5.75 Å². The van der Waals surface area contributed by atoms with Crippen LogP contribution in [0.3, 0.4) is 0 Å². The van der Waals surface area contributed by atoms with Gasteiger partial charge in [-0.1, -0.05) is 13.8 Å². The van der Waals surface area contributed by atoms with Crippen LogP contribution in [0.2, 0.25) is 0 Å². The predicted octanol–water partition coefficient (Wildman–Crippen LogP) is 1.14. The summed E-state index contributed by atoms with van der Waals surface area (Å²) in [6.07, 6.45) is 0. The summed E-state index contributed by atoms with van der Waals surface area (Å²) in [6.45, 7) is 3.69. The van der Waals surface area contributed by atoms with E-state index >= 15 is 0 Å². The molecule has 2 aromatic rings. The van der Waals surface area contributed by atoms with Crippen LogP contribution in [-0.4, -0.2) is 35.0 Å². The number of phenolic OH excluding ortho intramolecular Hbond substituents is 1. The standard InChI is InChI=1S/C14H18N2O5S2/c1-3-15-22(18,19)13-7-8-14(23(20,21)16-4-2)12-9-10(17)5-6-11(12)13/h5-9,15-17H,3-4H2,1-2H3. The van der Waals surface area contributed by atoms with E-state index in [0.717, 1.165) is 0 Å². The second-order valence-corrected chi connectivity index (χ2v) is 8.27. The fourth-order valence-electron chi connectivity index (χ4n) is 2.29. The predicted molar refractivity (Wildman–Crippen MR) is 87.3 cm³/mol. The van der Waals surface area contributed by atoms with Crippen LogP contribution < -0.4 is 9.44 Å². The highest BCUT2D eigenvalue weighted by atomic mass is 32.2. The quantitative estimate of drug-likeness (QED) is 0.717. The summed E-state index contributed by atoms with van der Waals surface area (Å²) < 4.78 is 53.9. The lowest BCUT2D eigenvalue weighted by molar-refractivity contribution is 0.476. The Morgan fingerprint density at radius 1 is 0.826 bits per heavy atom. The average molecular weight is 358 g/mol. The fourth-order valence-corrected chi connectivity index (χ4v) is 4.78. The van der Waals surface area contributed by atoms with Crippen molar-refractivity contribution < 1.29 is 21.9 Å². The van der Waals surface area contributed by atoms with Gasteiger partial charge in [-0.15, -0.1) is 0 Å². The van der Waals surface area contributed by atoms with Gasteiger partial charge in [-0.2, -0.15) is 0 Å². The molecule has 0 aliphatic carbocycles. The second kappa shape index (κ2) is 6.44. The molecule has 3 N–H and O–H groups in total. The van der Waals surface area contributed by atoms with Gasteiger partial charge in [0.1, 0.15) is 5.75 Å². The van der Waals surface area contributed by atoms with Crippen molar-refractivity contribution >= 4 is 30.8 Å². The topological polar surface area (TPSA) is 113 Å². The Morgan fingerprint density at radius 2 is 1.30 bits per heavy atom. The molecule has 0 spiro atoms. The van der Waals surface area contributed by atoms with E-state index in [1.165, 1.54) is 30.3 Å². The number of sulfonamides is 2. The first-order chi connectivity index (χ1) is 10.7. The zero-order valence-electron chi connectivity index (χ0n) is 12.7. The summed E-state index contributed by atoms with van der Waals surface area (Å²) >= 11 is 0. The van der Waals surface area contributed by atoms with Gasteiger partial charge in [0.15, 0.2) is 0 Å². The van der Waals surface area contributed by atoms with Crippen LogP contribution in [0.25, 0.3) is 10.8 Å². The molecule has 0 saturated heterocycles. The minimum atomic E-state index is -3.80. The lowest BCUT2D eigenvalue weighted by Gasteiger charge is -2.13. The number of fused-ring (bicyclic) bond motifs is 1. The first-order valence-corrected chi connectivity index (χ1v) is 9.94. The van der Waals surface area contributed by atoms with Crippen molar-refractivity contribution in [2.45, 2.75) is 23.6 Å². The monoisotopic (exact) mass is 358 g/mol. The van der Waals surface area contributed by atoms with Crippen molar-refractivity contribution in [2.24, 2.45) is 0 Å². The Bertz CT molecular complexity index is 937. The van der Waals surface area contributed by atoms with Gasteiger partial charge in [-0.25, -0.2) is 26.3 Å². The SMILES string of the molecule is CCNS(=O)(=O)c1ccc(S(=O)(=O)NCC)c2cc(O)ccc12. The second-order valence-electron chi connectivity index (χ2n) is 4.79. The Labute approximate surface area is 135 Å². The van der Waals surface area contributed by atoms with Crippen LogP contribution in [0.4, 0.5) is 0 Å². The van der Waals surface area contributed by atoms with Gasteiger partial charge in [0.2, 0.25) is 20.0 Å². The molecule has 9 heteroatoms. The number of phenols is 1. The number of nitrogens with one attached hydrogen (secondary N) is 2. The van der Waals surface area contributed by atoms with Gasteiger partial charge in [-0.3, -0.25) is 0 Å². The van der Waals surface area contributed by atoms with E-state index in [4.69, 9.17) is 0 Å². The third kappa shape index (κ3) is 3.47. The Kier molecular flexibility index (Phi) is 4.95. The molecule has 0 heterocycles. The van der Waals surface area contributed by atoms with E-state index in [1.807, 2.05) is 0 Å². The van der Waals surface area contributed by atoms with Gasteiger partial charge in [0, 0.05) is 23.9 Å². The summed E-state index contributed by atoms with van der Waals surface area (Å²) in [4.78, 5) is -0.120. The molecule has 7 nitrogen and oxygen atoms in total. The third-order valence-corrected chi connectivity index (χ3v) is 6.38. The van der Waals surface area contributed by atoms with Crippen LogP contribution in [0.15, 0.2) is 40.1 Å². The van der Waals surface area contributed by atoms with Crippen LogP contribution in [0, 0.1) is 0 Å². The Morgan fingerprint density at radius 3 is 1.78 bits per heavy atom. The molecule has 0 fully saturated rings. The summed E-state index contributed by atoms with van der Waals surface area (Å²) in [5.74, 6) is -0.150. The number of hydrogen-bond donors (Lipinski definition) is 3. The molecule has 0 aromatic heterocycles. The first-order valence-electron chi connectivity index (χ1n) is 6.98. The van der Waals surface area contributed by atoms with Crippen molar-refractivity contribution in [3.63, 3.8) is 0 Å². The third-order valence-electron chi connectivity index (χ3n) is 3.17. The molecule has 0 aliphatic rings. The number of aromatic hydroxyl groups is 1. The highest BCUT2D eigenvalue weighted by molar-refractivity contribution is 7.90. The van der Waals surface area contributed by atoms with Gasteiger partial charge >= 0.3 is 0 Å². The maximum atomic E-state index is 12.3. The normalized spacial score (nSPS) is 12.6. The summed E-state index contributed by atoms with van der Waals surface area (Å²) in [7, 11) is -7.58. The van der Waals surface area contributed by atoms with E-state index < -0.39 is 20.0 Å². The van der Waals surface area contributed by atoms with E-state index in [2.05, 4.69) is 9.44 Å². The minimum absolute atomic E-state index is 0.0372. The summed E-state index contributed by atoms with van der Waals surface area (Å²) in [5, 5.41) is 10.0. The highest BCUT2D eigenvalue weighted by Crippen LogP contribution is 2.31. The van der Waals surface area contributed by atoms with Crippen molar-refractivity contribution in [2.75, 3.05) is 13.1 Å². The number of hydrogen-bond acceptors (Lipinski definition) is 5. The molecular formula is C14H18N2O5S2. The van der Waals surface area contributed by atoms with Gasteiger partial charge in [0.25, 0.3) is 0 Å². The van der Waals surface area contributed by atoms with Crippen molar-refractivity contribution in [3.05, 3.63) is 30.3 Å². The van der Waals surface area contributed by atoms with Crippen LogP contribution in [0.1, 0.15) is 13.8 Å². The Balaban J connectivity index is 2.84. The van der Waals surface area contributed by atoms with Gasteiger partial charge in [-0.05, 0) is 30.3 Å². The van der Waals surface area contributed by atoms with E-state index in [9.17, 15) is 21.9 Å². The van der Waals surface area contributed by atoms with Crippen molar-refractivity contribution in [1.82, 2.24) is 9.44 Å². The van der Waals surface area contributed by atoms with E-state index in [1.54, 1.807) is 13.8 Å². The lowest BCUT2D eigenvalue weighted by Crippen LogP contribution is -2.25. The molecule has 0 amide bonds. The average Bonchev–Trinajstić information content (AvgIpc) is 2.45. The zero-order chi connectivity index (χ0) is 17.3. The highest BCUT2D eigenvalue weighted by Gasteiger charge is 2.23. The molecule has 0 atom stereocenters. The molecule has 0 bridgehead atoms. The molecule has 0 aliphatic heterocycles. The molecule has 0 saturated carbocycles. The summed E-state index contributed by atoms with van der Waals surface area (Å²) in [5.41, 5.74) is 0. The van der Waals surface area contributed by atoms with Crippen molar-refractivity contribution in [3.8, 4) is 5.75 Å². The minimum Gasteiger partial charge on any atom is -0.508 e. The molecule has 2 rings (SSSR count). The summed E-state index contributed by atoms with van der Waals surface area (Å²) in [6, 6.07) is 6.42. The molecular weight excluding hydrogens is 340 g/mol. The van der Waals surface area contributed by atoms with Crippen LogP contribution >= 0.6 is 0 Å². The molecule has 0 unspecified atom stereocenters. The van der Waals surface area contributed by atoms with Gasteiger partial charge in [0.05, 0.1) is 9.79 Å². The molecule has 23 heavy (non-hydrogen) atoms. The number of rotatable bonds is 6. The van der Waals surface area contributed by atoms with E-state index in [-0.39, 0.29) is 39.4 Å². The van der Waals surface area contributed by atoms with Crippen LogP contribution in [-0.2, 0) is 20.0 Å². The molecule has 2 aromatic carbocycles. The first kappa shape index (κ1) is 17.7. The van der Waals surface area contributed by atoms with Crippen molar-refractivity contribution in [1.29, 1.82) is 0 Å². The maximum absolute atomic E-state index is 12.3.